The van der Waals surface area contributed by atoms with Crippen molar-refractivity contribution in [2.24, 2.45) is 0 Å². The van der Waals surface area contributed by atoms with E-state index >= 15 is 0 Å². The maximum Gasteiger partial charge on any atom is 0.195 e. The van der Waals surface area contributed by atoms with Crippen LogP contribution in [0.4, 0.5) is 0 Å². The first-order valence-electron chi connectivity index (χ1n) is 6.60. The number of nitrogens with zero attached hydrogens (tertiary/aromatic N) is 1. The lowest BCUT2D eigenvalue weighted by Crippen LogP contribution is -2.23. The summed E-state index contributed by atoms with van der Waals surface area (Å²) in [6.07, 6.45) is 10.8. The third-order valence-electron chi connectivity index (χ3n) is 3.91. The molecule has 1 saturated heterocycles. The molecule has 0 radical (unpaired) electrons. The number of hydrogen-bond acceptors (Lipinski definition) is 3. The van der Waals surface area contributed by atoms with Gasteiger partial charge in [0, 0.05) is 18.4 Å². The Hall–Kier alpha value is -0.830. The maximum absolute atomic E-state index is 5.88. The van der Waals surface area contributed by atoms with Gasteiger partial charge >= 0.3 is 0 Å². The topological polar surface area (TPSA) is 38.1 Å². The molecule has 1 aromatic rings. The molecule has 16 heavy (non-hydrogen) atoms. The third kappa shape index (κ3) is 2.14. The van der Waals surface area contributed by atoms with Gasteiger partial charge in [-0.1, -0.05) is 12.8 Å². The van der Waals surface area contributed by atoms with Crippen LogP contribution in [0.25, 0.3) is 0 Å². The Balaban J connectivity index is 1.62. The van der Waals surface area contributed by atoms with E-state index in [1.165, 1.54) is 38.5 Å². The zero-order chi connectivity index (χ0) is 10.8. The molecule has 1 saturated carbocycles. The third-order valence-corrected chi connectivity index (χ3v) is 3.91. The predicted octanol–water partition coefficient (Wildman–Crippen LogP) is 2.63. The van der Waals surface area contributed by atoms with E-state index in [2.05, 4.69) is 10.3 Å². The minimum Gasteiger partial charge on any atom is -0.445 e. The summed E-state index contributed by atoms with van der Waals surface area (Å²) in [6.45, 7) is 1.15. The number of hydrogen-bond donors (Lipinski definition) is 1. The van der Waals surface area contributed by atoms with Gasteiger partial charge in [-0.3, -0.25) is 0 Å². The highest BCUT2D eigenvalue weighted by Gasteiger charge is 2.22. The monoisotopic (exact) mass is 220 g/mol. The average molecular weight is 220 g/mol. The molecule has 3 nitrogen and oxygen atoms in total. The minimum atomic E-state index is 0.593. The molecule has 1 aliphatic heterocycles. The summed E-state index contributed by atoms with van der Waals surface area (Å²) in [7, 11) is 0. The van der Waals surface area contributed by atoms with E-state index in [1.54, 1.807) is 0 Å². The number of oxazole rings is 1. The van der Waals surface area contributed by atoms with Crippen molar-refractivity contribution in [3.8, 4) is 0 Å². The molecular weight excluding hydrogens is 200 g/mol. The van der Waals surface area contributed by atoms with Gasteiger partial charge in [-0.15, -0.1) is 0 Å². The van der Waals surface area contributed by atoms with Crippen LogP contribution in [0.3, 0.4) is 0 Å². The summed E-state index contributed by atoms with van der Waals surface area (Å²) in [5.41, 5.74) is 0. The van der Waals surface area contributed by atoms with E-state index in [0.29, 0.717) is 12.0 Å². The van der Waals surface area contributed by atoms with Crippen molar-refractivity contribution < 1.29 is 4.42 Å². The normalized spacial score (nSPS) is 26.6. The summed E-state index contributed by atoms with van der Waals surface area (Å²) >= 11 is 0. The maximum atomic E-state index is 5.88. The molecule has 0 bridgehead atoms. The molecule has 2 fully saturated rings. The number of nitrogens with one attached hydrogen (secondary N) is 1. The summed E-state index contributed by atoms with van der Waals surface area (Å²) in [5, 5.41) is 3.48. The van der Waals surface area contributed by atoms with Crippen LogP contribution in [0.5, 0.6) is 0 Å². The van der Waals surface area contributed by atoms with E-state index in [0.717, 1.165) is 24.6 Å². The van der Waals surface area contributed by atoms with Gasteiger partial charge in [-0.25, -0.2) is 4.98 Å². The van der Waals surface area contributed by atoms with Crippen LogP contribution < -0.4 is 5.32 Å². The van der Waals surface area contributed by atoms with Crippen LogP contribution in [-0.4, -0.2) is 17.6 Å². The quantitative estimate of drug-likeness (QED) is 0.851. The van der Waals surface area contributed by atoms with Gasteiger partial charge in [0.1, 0.15) is 5.76 Å². The molecular formula is C13H20N2O. The van der Waals surface area contributed by atoms with Crippen LogP contribution in [0.2, 0.25) is 0 Å². The van der Waals surface area contributed by atoms with E-state index in [1.807, 2.05) is 6.20 Å². The highest BCUT2D eigenvalue weighted by Crippen LogP contribution is 2.34. The van der Waals surface area contributed by atoms with Gasteiger partial charge in [0.15, 0.2) is 5.89 Å². The average Bonchev–Trinajstić information content (AvgIpc) is 2.99. The fourth-order valence-electron chi connectivity index (χ4n) is 2.96. The Labute approximate surface area is 96.6 Å². The van der Waals surface area contributed by atoms with Crippen LogP contribution in [0, 0.1) is 0 Å². The fourth-order valence-corrected chi connectivity index (χ4v) is 2.96. The van der Waals surface area contributed by atoms with Crippen molar-refractivity contribution in [3.63, 3.8) is 0 Å². The molecule has 1 unspecified atom stereocenters. The van der Waals surface area contributed by atoms with E-state index in [-0.39, 0.29) is 0 Å². The van der Waals surface area contributed by atoms with E-state index < -0.39 is 0 Å². The molecule has 0 aromatic carbocycles. The number of rotatable bonds is 3. The van der Waals surface area contributed by atoms with E-state index in [9.17, 15) is 0 Å². The van der Waals surface area contributed by atoms with E-state index in [4.69, 9.17) is 4.42 Å². The molecule has 2 aliphatic rings. The molecule has 3 rings (SSSR count). The molecule has 88 valence electrons. The Morgan fingerprint density at radius 3 is 2.88 bits per heavy atom. The molecule has 0 amide bonds. The summed E-state index contributed by atoms with van der Waals surface area (Å²) in [5.74, 6) is 2.71. The zero-order valence-electron chi connectivity index (χ0n) is 9.74. The van der Waals surface area contributed by atoms with Gasteiger partial charge in [-0.2, -0.15) is 0 Å². The first kappa shape index (κ1) is 10.3. The SMILES string of the molecule is c1nc(CC2CCCN2)oc1C1CCCC1. The Morgan fingerprint density at radius 2 is 2.12 bits per heavy atom. The second-order valence-electron chi connectivity index (χ2n) is 5.14. The van der Waals surface area contributed by atoms with Crippen molar-refractivity contribution in [2.75, 3.05) is 6.54 Å². The lowest BCUT2D eigenvalue weighted by atomic mass is 10.1. The summed E-state index contributed by atoms with van der Waals surface area (Å²) < 4.78 is 5.88. The predicted molar refractivity (Wildman–Crippen MR) is 62.4 cm³/mol. The Bertz CT molecular complexity index is 335. The van der Waals surface area contributed by atoms with Gasteiger partial charge < -0.3 is 9.73 Å². The molecule has 1 atom stereocenters. The zero-order valence-corrected chi connectivity index (χ0v) is 9.74. The lowest BCUT2D eigenvalue weighted by Gasteiger charge is -2.06. The van der Waals surface area contributed by atoms with Crippen molar-refractivity contribution in [3.05, 3.63) is 17.8 Å². The van der Waals surface area contributed by atoms with Crippen LogP contribution in [0.15, 0.2) is 10.6 Å². The van der Waals surface area contributed by atoms with Gasteiger partial charge in [0.05, 0.1) is 6.20 Å². The molecule has 2 heterocycles. The smallest absolute Gasteiger partial charge is 0.195 e. The van der Waals surface area contributed by atoms with Crippen molar-refractivity contribution in [1.29, 1.82) is 0 Å². The first-order chi connectivity index (χ1) is 7.92. The van der Waals surface area contributed by atoms with Gasteiger partial charge in [-0.05, 0) is 32.2 Å². The van der Waals surface area contributed by atoms with Crippen molar-refractivity contribution in [1.82, 2.24) is 10.3 Å². The standard InChI is InChI=1S/C13H20N2O/c1-2-5-10(4-1)12-9-15-13(16-12)8-11-6-3-7-14-11/h9-11,14H,1-8H2. The second-order valence-corrected chi connectivity index (χ2v) is 5.14. The molecule has 0 spiro atoms. The highest BCUT2D eigenvalue weighted by atomic mass is 16.4. The van der Waals surface area contributed by atoms with Gasteiger partial charge in [0.2, 0.25) is 0 Å². The van der Waals surface area contributed by atoms with Crippen LogP contribution >= 0.6 is 0 Å². The fraction of sp³-hybridized carbons (Fsp3) is 0.769. The largest absolute Gasteiger partial charge is 0.445 e. The molecule has 1 N–H and O–H groups in total. The molecule has 1 aliphatic carbocycles. The Morgan fingerprint density at radius 1 is 1.25 bits per heavy atom. The summed E-state index contributed by atoms with van der Waals surface area (Å²) in [6, 6.07) is 0.593. The molecule has 1 aromatic heterocycles. The molecule has 3 heteroatoms. The van der Waals surface area contributed by atoms with Crippen molar-refractivity contribution >= 4 is 0 Å². The number of aromatic nitrogens is 1. The first-order valence-corrected chi connectivity index (χ1v) is 6.60. The van der Waals surface area contributed by atoms with Crippen molar-refractivity contribution in [2.45, 2.75) is 56.9 Å². The highest BCUT2D eigenvalue weighted by molar-refractivity contribution is 5.04. The lowest BCUT2D eigenvalue weighted by molar-refractivity contribution is 0.405. The van der Waals surface area contributed by atoms with Crippen LogP contribution in [0.1, 0.15) is 56.1 Å². The summed E-state index contributed by atoms with van der Waals surface area (Å²) in [4.78, 5) is 4.42. The minimum absolute atomic E-state index is 0.593. The van der Waals surface area contributed by atoms with Gasteiger partial charge in [0.25, 0.3) is 0 Å². The van der Waals surface area contributed by atoms with Crippen LogP contribution in [-0.2, 0) is 6.42 Å². The second kappa shape index (κ2) is 4.58. The Kier molecular flexibility index (Phi) is 2.96.